The normalized spacial score (nSPS) is 10.6. The van der Waals surface area contributed by atoms with Crippen LogP contribution in [0.3, 0.4) is 0 Å². The van der Waals surface area contributed by atoms with Crippen molar-refractivity contribution in [2.75, 3.05) is 7.11 Å². The number of aromatic amines is 1. The van der Waals surface area contributed by atoms with Crippen molar-refractivity contribution in [3.05, 3.63) is 16.4 Å². The van der Waals surface area contributed by atoms with E-state index in [4.69, 9.17) is 0 Å². The molecule has 4 nitrogen and oxygen atoms in total. The maximum Gasteiger partial charge on any atom is 0.106 e. The molecule has 0 aliphatic heterocycles. The van der Waals surface area contributed by atoms with Crippen LogP contribution in [0.4, 0.5) is 0 Å². The van der Waals surface area contributed by atoms with Crippen molar-refractivity contribution in [3.63, 3.8) is 0 Å². The standard InChI is InChI=1S/C5H6BrN3O/c1-10-8-3-5-4(6)2-7-9-5/h2-3H,1H3,(H,7,9)/b8-3-. The lowest BCUT2D eigenvalue weighted by molar-refractivity contribution is 0.215. The van der Waals surface area contributed by atoms with Gasteiger partial charge in [0.25, 0.3) is 0 Å². The molecule has 0 bridgehead atoms. The molecule has 0 saturated heterocycles. The van der Waals surface area contributed by atoms with Gasteiger partial charge in [-0.1, -0.05) is 5.16 Å². The van der Waals surface area contributed by atoms with Gasteiger partial charge in [-0.15, -0.1) is 0 Å². The molecule has 0 amide bonds. The lowest BCUT2D eigenvalue weighted by atomic mass is 10.5. The first-order valence-corrected chi connectivity index (χ1v) is 3.39. The van der Waals surface area contributed by atoms with E-state index in [0.717, 1.165) is 10.2 Å². The number of halogens is 1. The first kappa shape index (κ1) is 7.27. The summed E-state index contributed by atoms with van der Waals surface area (Å²) in [6.45, 7) is 0. The zero-order valence-corrected chi connectivity index (χ0v) is 6.92. The third-order valence-electron chi connectivity index (χ3n) is 0.907. The molecular formula is C5H6BrN3O. The van der Waals surface area contributed by atoms with Crippen LogP contribution in [0, 0.1) is 0 Å². The Morgan fingerprint density at radius 2 is 2.70 bits per heavy atom. The summed E-state index contributed by atoms with van der Waals surface area (Å²) in [7, 11) is 1.49. The monoisotopic (exact) mass is 203 g/mol. The lowest BCUT2D eigenvalue weighted by Gasteiger charge is -1.85. The third kappa shape index (κ3) is 1.57. The molecule has 5 heteroatoms. The van der Waals surface area contributed by atoms with Crippen molar-refractivity contribution < 1.29 is 4.84 Å². The Morgan fingerprint density at radius 3 is 3.20 bits per heavy atom. The Balaban J connectivity index is 2.74. The molecule has 1 rings (SSSR count). The minimum atomic E-state index is 0.793. The van der Waals surface area contributed by atoms with Crippen LogP contribution in [0.1, 0.15) is 5.69 Å². The summed E-state index contributed by atoms with van der Waals surface area (Å²) in [5.74, 6) is 0. The number of H-pyrrole nitrogens is 1. The van der Waals surface area contributed by atoms with Crippen LogP contribution in [-0.4, -0.2) is 23.5 Å². The number of nitrogens with zero attached hydrogens (tertiary/aromatic N) is 2. The van der Waals surface area contributed by atoms with E-state index in [-0.39, 0.29) is 0 Å². The fraction of sp³-hybridized carbons (Fsp3) is 0.200. The number of nitrogens with one attached hydrogen (secondary N) is 1. The van der Waals surface area contributed by atoms with E-state index in [1.165, 1.54) is 13.3 Å². The van der Waals surface area contributed by atoms with E-state index < -0.39 is 0 Å². The predicted molar refractivity (Wildman–Crippen MR) is 40.9 cm³/mol. The number of hydrogen-bond acceptors (Lipinski definition) is 3. The Morgan fingerprint density at radius 1 is 1.90 bits per heavy atom. The summed E-state index contributed by atoms with van der Waals surface area (Å²) in [6, 6.07) is 0. The predicted octanol–water partition coefficient (Wildman–Crippen LogP) is 1.15. The molecule has 0 aromatic carbocycles. The van der Waals surface area contributed by atoms with Crippen LogP contribution in [0.15, 0.2) is 15.8 Å². The highest BCUT2D eigenvalue weighted by Crippen LogP contribution is 2.09. The molecule has 0 saturated carbocycles. The quantitative estimate of drug-likeness (QED) is 0.580. The zero-order valence-electron chi connectivity index (χ0n) is 5.34. The van der Waals surface area contributed by atoms with Gasteiger partial charge in [-0.3, -0.25) is 5.10 Å². The van der Waals surface area contributed by atoms with Gasteiger partial charge in [0.1, 0.15) is 7.11 Å². The van der Waals surface area contributed by atoms with E-state index in [9.17, 15) is 0 Å². The molecule has 0 spiro atoms. The summed E-state index contributed by atoms with van der Waals surface area (Å²) in [6.07, 6.45) is 3.19. The van der Waals surface area contributed by atoms with Crippen LogP contribution in [-0.2, 0) is 4.84 Å². The van der Waals surface area contributed by atoms with Gasteiger partial charge in [0.15, 0.2) is 0 Å². The minimum Gasteiger partial charge on any atom is -0.399 e. The molecule has 1 aromatic rings. The van der Waals surface area contributed by atoms with Gasteiger partial charge in [-0.2, -0.15) is 5.10 Å². The number of rotatable bonds is 2. The highest BCUT2D eigenvalue weighted by molar-refractivity contribution is 9.10. The van der Waals surface area contributed by atoms with Crippen molar-refractivity contribution in [2.45, 2.75) is 0 Å². The van der Waals surface area contributed by atoms with Crippen LogP contribution >= 0.6 is 15.9 Å². The molecule has 54 valence electrons. The summed E-state index contributed by atoms with van der Waals surface area (Å²) < 4.78 is 0.869. The average molecular weight is 204 g/mol. The smallest absolute Gasteiger partial charge is 0.106 e. The Hall–Kier alpha value is -0.840. The van der Waals surface area contributed by atoms with E-state index in [1.807, 2.05) is 0 Å². The van der Waals surface area contributed by atoms with Gasteiger partial charge in [0, 0.05) is 0 Å². The fourth-order valence-corrected chi connectivity index (χ4v) is 0.771. The molecule has 1 aromatic heterocycles. The van der Waals surface area contributed by atoms with E-state index in [1.54, 1.807) is 6.20 Å². The number of aromatic nitrogens is 2. The Kier molecular flexibility index (Phi) is 2.44. The molecule has 1 heterocycles. The number of oxime groups is 1. The van der Waals surface area contributed by atoms with E-state index >= 15 is 0 Å². The molecular weight excluding hydrogens is 198 g/mol. The molecule has 0 aliphatic carbocycles. The summed E-state index contributed by atoms with van der Waals surface area (Å²) >= 11 is 3.26. The molecule has 0 unspecified atom stereocenters. The fourth-order valence-electron chi connectivity index (χ4n) is 0.477. The first-order valence-electron chi connectivity index (χ1n) is 2.60. The van der Waals surface area contributed by atoms with E-state index in [2.05, 4.69) is 36.1 Å². The summed E-state index contributed by atoms with van der Waals surface area (Å²) in [5.41, 5.74) is 0.793. The maximum absolute atomic E-state index is 4.47. The SMILES string of the molecule is CO/N=C\c1[nH]ncc1Br. The van der Waals surface area contributed by atoms with Gasteiger partial charge < -0.3 is 4.84 Å². The molecule has 10 heavy (non-hydrogen) atoms. The Labute approximate surface area is 66.4 Å². The molecule has 0 aliphatic rings. The highest BCUT2D eigenvalue weighted by atomic mass is 79.9. The maximum atomic E-state index is 4.47. The van der Waals surface area contributed by atoms with Crippen LogP contribution < -0.4 is 0 Å². The third-order valence-corrected chi connectivity index (χ3v) is 1.54. The molecule has 0 atom stereocenters. The largest absolute Gasteiger partial charge is 0.399 e. The lowest BCUT2D eigenvalue weighted by Crippen LogP contribution is -1.82. The summed E-state index contributed by atoms with van der Waals surface area (Å²) in [5, 5.41) is 10.0. The second-order valence-electron chi connectivity index (χ2n) is 1.55. The Bertz CT molecular complexity index is 233. The first-order chi connectivity index (χ1) is 4.84. The second kappa shape index (κ2) is 3.36. The highest BCUT2D eigenvalue weighted by Gasteiger charge is 1.95. The van der Waals surface area contributed by atoms with Crippen molar-refractivity contribution in [1.29, 1.82) is 0 Å². The van der Waals surface area contributed by atoms with E-state index in [0.29, 0.717) is 0 Å². The van der Waals surface area contributed by atoms with Crippen LogP contribution in [0.2, 0.25) is 0 Å². The number of hydrogen-bond donors (Lipinski definition) is 1. The van der Waals surface area contributed by atoms with Gasteiger partial charge in [-0.25, -0.2) is 0 Å². The topological polar surface area (TPSA) is 50.3 Å². The molecule has 0 radical (unpaired) electrons. The van der Waals surface area contributed by atoms with Gasteiger partial charge in [-0.05, 0) is 15.9 Å². The molecule has 1 N–H and O–H groups in total. The minimum absolute atomic E-state index is 0.793. The second-order valence-corrected chi connectivity index (χ2v) is 2.40. The summed E-state index contributed by atoms with van der Waals surface area (Å²) in [4.78, 5) is 4.47. The molecule has 0 fully saturated rings. The van der Waals surface area contributed by atoms with Gasteiger partial charge >= 0.3 is 0 Å². The van der Waals surface area contributed by atoms with Gasteiger partial charge in [0.2, 0.25) is 0 Å². The van der Waals surface area contributed by atoms with Crippen molar-refractivity contribution in [3.8, 4) is 0 Å². The van der Waals surface area contributed by atoms with Gasteiger partial charge in [0.05, 0.1) is 22.6 Å². The average Bonchev–Trinajstić information content (AvgIpc) is 2.31. The zero-order chi connectivity index (χ0) is 7.40. The van der Waals surface area contributed by atoms with Crippen molar-refractivity contribution >= 4 is 22.1 Å². The van der Waals surface area contributed by atoms with Crippen LogP contribution in [0.25, 0.3) is 0 Å². The van der Waals surface area contributed by atoms with Crippen molar-refractivity contribution in [2.24, 2.45) is 5.16 Å². The van der Waals surface area contributed by atoms with Crippen LogP contribution in [0.5, 0.6) is 0 Å². The van der Waals surface area contributed by atoms with Crippen molar-refractivity contribution in [1.82, 2.24) is 10.2 Å².